The molecule has 0 aromatic carbocycles. The highest BCUT2D eigenvalue weighted by molar-refractivity contribution is 5.83. The van der Waals surface area contributed by atoms with Crippen molar-refractivity contribution < 1.29 is 15.0 Å². The third kappa shape index (κ3) is 1.75. The molecule has 3 fully saturated rings. The van der Waals surface area contributed by atoms with Crippen molar-refractivity contribution in [2.45, 2.75) is 64.9 Å². The molecule has 0 radical (unpaired) electrons. The zero-order chi connectivity index (χ0) is 15.7. The summed E-state index contributed by atoms with van der Waals surface area (Å²) in [5.74, 6) is 2.14. The first-order valence-corrected chi connectivity index (χ1v) is 8.95. The van der Waals surface area contributed by atoms with E-state index in [1.54, 1.807) is 0 Å². The highest BCUT2D eigenvalue weighted by Gasteiger charge is 2.62. The van der Waals surface area contributed by atoms with Gasteiger partial charge in [-0.1, -0.05) is 13.8 Å². The second-order valence-corrected chi connectivity index (χ2v) is 8.85. The molecule has 22 heavy (non-hydrogen) atoms. The van der Waals surface area contributed by atoms with E-state index in [1.807, 2.05) is 6.08 Å². The van der Waals surface area contributed by atoms with E-state index in [9.17, 15) is 15.0 Å². The molecule has 0 spiro atoms. The Bertz CT molecular complexity index is 539. The predicted molar refractivity (Wildman–Crippen MR) is 84.2 cm³/mol. The van der Waals surface area contributed by atoms with E-state index in [0.29, 0.717) is 42.1 Å². The molecular formula is C19H28O3. The van der Waals surface area contributed by atoms with Crippen LogP contribution in [0.3, 0.4) is 0 Å². The Balaban J connectivity index is 1.72. The molecular weight excluding hydrogens is 276 g/mol. The molecule has 0 aromatic heterocycles. The standard InChI is InChI=1S/C19H28O3/c1-18-7-5-12(20)9-11(18)10-15(21)17-13-3-4-16(22)19(13,2)8-6-14(17)18/h5,11,13-14,16-17,20,22H,3-4,6-10H2,1-2H3/t11?,13-,14-,16-,17-,18-,19-/m0/s1. The molecule has 0 heterocycles. The summed E-state index contributed by atoms with van der Waals surface area (Å²) >= 11 is 0. The number of hydrogen-bond acceptors (Lipinski definition) is 3. The number of allylic oxidation sites excluding steroid dienone is 2. The van der Waals surface area contributed by atoms with Crippen LogP contribution >= 0.6 is 0 Å². The number of carbonyl (C=O) groups excluding carboxylic acids is 1. The summed E-state index contributed by atoms with van der Waals surface area (Å²) in [5.41, 5.74) is 0.104. The molecule has 0 saturated heterocycles. The van der Waals surface area contributed by atoms with Crippen molar-refractivity contribution in [1.29, 1.82) is 0 Å². The second kappa shape index (κ2) is 4.59. The van der Waals surface area contributed by atoms with Gasteiger partial charge in [0.2, 0.25) is 0 Å². The Kier molecular flexibility index (Phi) is 3.08. The highest BCUT2D eigenvalue weighted by atomic mass is 16.3. The molecule has 7 atom stereocenters. The first-order chi connectivity index (χ1) is 10.4. The lowest BCUT2D eigenvalue weighted by Gasteiger charge is -2.58. The van der Waals surface area contributed by atoms with E-state index in [0.717, 1.165) is 32.1 Å². The van der Waals surface area contributed by atoms with E-state index in [4.69, 9.17) is 0 Å². The number of fused-ring (bicyclic) bond motifs is 5. The average molecular weight is 304 g/mol. The maximum atomic E-state index is 12.9. The van der Waals surface area contributed by atoms with Crippen LogP contribution < -0.4 is 0 Å². The topological polar surface area (TPSA) is 57.5 Å². The van der Waals surface area contributed by atoms with Gasteiger partial charge >= 0.3 is 0 Å². The van der Waals surface area contributed by atoms with Crippen LogP contribution in [0, 0.1) is 34.5 Å². The van der Waals surface area contributed by atoms with Crippen LogP contribution in [0.2, 0.25) is 0 Å². The number of ketones is 1. The van der Waals surface area contributed by atoms with E-state index in [1.165, 1.54) is 0 Å². The van der Waals surface area contributed by atoms with Gasteiger partial charge in [-0.25, -0.2) is 0 Å². The number of aliphatic hydroxyl groups excluding tert-OH is 2. The highest BCUT2D eigenvalue weighted by Crippen LogP contribution is 2.64. The van der Waals surface area contributed by atoms with Gasteiger partial charge in [0.1, 0.15) is 5.78 Å². The lowest BCUT2D eigenvalue weighted by molar-refractivity contribution is -0.154. The third-order valence-corrected chi connectivity index (χ3v) is 8.05. The van der Waals surface area contributed by atoms with Gasteiger partial charge in [-0.2, -0.15) is 0 Å². The van der Waals surface area contributed by atoms with Crippen LogP contribution in [0.5, 0.6) is 0 Å². The zero-order valence-electron chi connectivity index (χ0n) is 13.7. The van der Waals surface area contributed by atoms with Gasteiger partial charge in [-0.3, -0.25) is 4.79 Å². The van der Waals surface area contributed by atoms with Crippen molar-refractivity contribution in [1.82, 2.24) is 0 Å². The van der Waals surface area contributed by atoms with Gasteiger partial charge in [0.25, 0.3) is 0 Å². The molecule has 122 valence electrons. The monoisotopic (exact) mass is 304 g/mol. The number of Topliss-reactive ketones (excluding diaryl/α,β-unsaturated/α-hetero) is 1. The molecule has 0 amide bonds. The van der Waals surface area contributed by atoms with Gasteiger partial charge in [0, 0.05) is 18.8 Å². The molecule has 3 saturated carbocycles. The summed E-state index contributed by atoms with van der Waals surface area (Å²) in [6.45, 7) is 4.55. The Hall–Kier alpha value is -0.830. The van der Waals surface area contributed by atoms with Crippen LogP contribution in [-0.4, -0.2) is 22.1 Å². The van der Waals surface area contributed by atoms with Gasteiger partial charge in [-0.15, -0.1) is 0 Å². The molecule has 3 nitrogen and oxygen atoms in total. The van der Waals surface area contributed by atoms with Crippen molar-refractivity contribution in [2.24, 2.45) is 34.5 Å². The maximum absolute atomic E-state index is 12.9. The van der Waals surface area contributed by atoms with E-state index in [-0.39, 0.29) is 22.9 Å². The van der Waals surface area contributed by atoms with E-state index in [2.05, 4.69) is 13.8 Å². The lowest BCUT2D eigenvalue weighted by Crippen LogP contribution is -2.56. The fraction of sp³-hybridized carbons (Fsp3) is 0.842. The summed E-state index contributed by atoms with van der Waals surface area (Å²) < 4.78 is 0. The van der Waals surface area contributed by atoms with Gasteiger partial charge in [0.15, 0.2) is 0 Å². The normalized spacial score (nSPS) is 54.2. The summed E-state index contributed by atoms with van der Waals surface area (Å²) in [6.07, 6.45) is 7.93. The molecule has 0 bridgehead atoms. The first kappa shape index (κ1) is 14.7. The summed E-state index contributed by atoms with van der Waals surface area (Å²) in [6, 6.07) is 0. The molecule has 3 heteroatoms. The maximum Gasteiger partial charge on any atom is 0.136 e. The zero-order valence-corrected chi connectivity index (χ0v) is 13.7. The predicted octanol–water partition coefficient (Wildman–Crippen LogP) is 3.62. The molecule has 2 N–H and O–H groups in total. The molecule has 0 aliphatic heterocycles. The van der Waals surface area contributed by atoms with Gasteiger partial charge < -0.3 is 10.2 Å². The van der Waals surface area contributed by atoms with Gasteiger partial charge in [-0.05, 0) is 66.8 Å². The first-order valence-electron chi connectivity index (χ1n) is 8.95. The van der Waals surface area contributed by atoms with Crippen LogP contribution in [0.25, 0.3) is 0 Å². The summed E-state index contributed by atoms with van der Waals surface area (Å²) in [5, 5.41) is 20.3. The van der Waals surface area contributed by atoms with Crippen molar-refractivity contribution in [3.63, 3.8) is 0 Å². The van der Waals surface area contributed by atoms with E-state index >= 15 is 0 Å². The molecule has 4 rings (SSSR count). The minimum Gasteiger partial charge on any atom is -0.513 e. The number of carbonyl (C=O) groups is 1. The summed E-state index contributed by atoms with van der Waals surface area (Å²) in [7, 11) is 0. The Morgan fingerprint density at radius 1 is 1.09 bits per heavy atom. The second-order valence-electron chi connectivity index (χ2n) is 8.85. The minimum atomic E-state index is -0.230. The molecule has 4 aliphatic carbocycles. The minimum absolute atomic E-state index is 0.0489. The number of rotatable bonds is 0. The van der Waals surface area contributed by atoms with Crippen LogP contribution in [0.1, 0.15) is 58.8 Å². The quantitative estimate of drug-likeness (QED) is 0.718. The Morgan fingerprint density at radius 3 is 2.59 bits per heavy atom. The van der Waals surface area contributed by atoms with Gasteiger partial charge in [0.05, 0.1) is 11.9 Å². The smallest absolute Gasteiger partial charge is 0.136 e. The van der Waals surface area contributed by atoms with Crippen molar-refractivity contribution >= 4 is 5.78 Å². The molecule has 1 unspecified atom stereocenters. The third-order valence-electron chi connectivity index (χ3n) is 8.05. The van der Waals surface area contributed by atoms with Crippen molar-refractivity contribution in [2.75, 3.05) is 0 Å². The van der Waals surface area contributed by atoms with Crippen LogP contribution in [0.4, 0.5) is 0 Å². The number of aliphatic hydroxyl groups is 2. The van der Waals surface area contributed by atoms with Crippen LogP contribution in [0.15, 0.2) is 11.8 Å². The van der Waals surface area contributed by atoms with Crippen LogP contribution in [-0.2, 0) is 4.79 Å². The SMILES string of the molecule is C[C@]12CC[C@H]3[C@@H](C(=O)CC4CC(O)=CC[C@@]43C)[C@@H]1CC[C@@H]2O. The number of hydrogen-bond donors (Lipinski definition) is 2. The Morgan fingerprint density at radius 2 is 1.82 bits per heavy atom. The lowest BCUT2D eigenvalue weighted by atomic mass is 9.45. The molecule has 0 aromatic rings. The van der Waals surface area contributed by atoms with E-state index < -0.39 is 0 Å². The van der Waals surface area contributed by atoms with Crippen molar-refractivity contribution in [3.05, 3.63) is 11.8 Å². The Labute approximate surface area is 132 Å². The largest absolute Gasteiger partial charge is 0.513 e. The molecule has 4 aliphatic rings. The fourth-order valence-corrected chi connectivity index (χ4v) is 6.51. The fourth-order valence-electron chi connectivity index (χ4n) is 6.51. The summed E-state index contributed by atoms with van der Waals surface area (Å²) in [4.78, 5) is 12.9. The average Bonchev–Trinajstić information content (AvgIpc) is 2.77. The van der Waals surface area contributed by atoms with Crippen molar-refractivity contribution in [3.8, 4) is 0 Å².